The van der Waals surface area contributed by atoms with Crippen molar-refractivity contribution in [2.75, 3.05) is 19.5 Å². The van der Waals surface area contributed by atoms with Gasteiger partial charge in [-0.2, -0.15) is 4.68 Å². The zero-order valence-electron chi connectivity index (χ0n) is 16.2. The van der Waals surface area contributed by atoms with E-state index in [1.807, 2.05) is 0 Å². The Hall–Kier alpha value is -3.88. The molecule has 0 fully saturated rings. The normalized spacial score (nSPS) is 10.4. The molecule has 0 aliphatic rings. The van der Waals surface area contributed by atoms with Crippen LogP contribution in [0.4, 0.5) is 5.69 Å². The van der Waals surface area contributed by atoms with E-state index in [0.29, 0.717) is 22.7 Å². The van der Waals surface area contributed by atoms with Crippen LogP contribution >= 0.6 is 0 Å². The molecule has 0 unspecified atom stereocenters. The van der Waals surface area contributed by atoms with Gasteiger partial charge in [0, 0.05) is 12.6 Å². The van der Waals surface area contributed by atoms with Crippen molar-refractivity contribution in [3.63, 3.8) is 0 Å². The lowest BCUT2D eigenvalue weighted by molar-refractivity contribution is -0.114. The smallest absolute Gasteiger partial charge is 0.352 e. The van der Waals surface area contributed by atoms with E-state index in [-0.39, 0.29) is 18.3 Å². The molecule has 0 bridgehead atoms. The highest BCUT2D eigenvalue weighted by molar-refractivity contribution is 5.88. The van der Waals surface area contributed by atoms with Gasteiger partial charge in [-0.25, -0.2) is 9.36 Å². The van der Waals surface area contributed by atoms with Gasteiger partial charge < -0.3 is 14.8 Å². The number of benzene rings is 2. The number of nitrogens with zero attached hydrogens (tertiary/aromatic N) is 3. The van der Waals surface area contributed by atoms with E-state index in [0.717, 1.165) is 9.25 Å². The van der Waals surface area contributed by atoms with E-state index in [4.69, 9.17) is 9.47 Å². The minimum Gasteiger partial charge on any atom is -0.497 e. The van der Waals surface area contributed by atoms with Gasteiger partial charge in [0.2, 0.25) is 5.91 Å². The monoisotopic (exact) mass is 396 g/mol. The summed E-state index contributed by atoms with van der Waals surface area (Å²) in [7, 11) is 2.85. The average Bonchev–Trinajstić information content (AvgIpc) is 2.71. The number of carbonyl (C=O) groups is 1. The lowest BCUT2D eigenvalue weighted by atomic mass is 10.2. The second-order valence-corrected chi connectivity index (χ2v) is 6.18. The molecular formula is C20H20N4O5. The Morgan fingerprint density at radius 3 is 2.52 bits per heavy atom. The third-order valence-electron chi connectivity index (χ3n) is 4.11. The Kier molecular flexibility index (Phi) is 5.77. The highest BCUT2D eigenvalue weighted by Crippen LogP contribution is 2.15. The zero-order valence-corrected chi connectivity index (χ0v) is 16.2. The number of nitrogens with one attached hydrogen (secondary N) is 1. The molecule has 0 spiro atoms. The van der Waals surface area contributed by atoms with E-state index in [2.05, 4.69) is 10.4 Å². The second kappa shape index (κ2) is 8.42. The summed E-state index contributed by atoms with van der Waals surface area (Å²) >= 11 is 0. The average molecular weight is 396 g/mol. The summed E-state index contributed by atoms with van der Waals surface area (Å²) in [6.45, 7) is 1.40. The molecule has 1 heterocycles. The summed E-state index contributed by atoms with van der Waals surface area (Å²) in [4.78, 5) is 37.0. The molecule has 1 N–H and O–H groups in total. The maximum absolute atomic E-state index is 13.0. The lowest BCUT2D eigenvalue weighted by Crippen LogP contribution is -2.41. The Labute approximate surface area is 166 Å². The molecule has 2 aromatic carbocycles. The SMILES string of the molecule is COc1cccc(Cn2c(=O)c(OC)nn(-c3cccc(NC(C)=O)c3)c2=O)c1. The van der Waals surface area contributed by atoms with Gasteiger partial charge in [-0.3, -0.25) is 9.59 Å². The van der Waals surface area contributed by atoms with Crippen LogP contribution in [-0.2, 0) is 11.3 Å². The predicted molar refractivity (Wildman–Crippen MR) is 107 cm³/mol. The third-order valence-corrected chi connectivity index (χ3v) is 4.11. The largest absolute Gasteiger partial charge is 0.497 e. The molecule has 0 saturated carbocycles. The van der Waals surface area contributed by atoms with Crippen LogP contribution in [-0.4, -0.2) is 34.5 Å². The maximum Gasteiger partial charge on any atom is 0.352 e. The van der Waals surface area contributed by atoms with Crippen LogP contribution in [0.5, 0.6) is 11.6 Å². The minimum atomic E-state index is -0.644. The Morgan fingerprint density at radius 1 is 1.07 bits per heavy atom. The van der Waals surface area contributed by atoms with Crippen LogP contribution < -0.4 is 26.0 Å². The molecule has 0 aliphatic carbocycles. The number of rotatable bonds is 6. The van der Waals surface area contributed by atoms with Gasteiger partial charge in [-0.15, -0.1) is 5.10 Å². The fourth-order valence-corrected chi connectivity index (χ4v) is 2.80. The second-order valence-electron chi connectivity index (χ2n) is 6.18. The van der Waals surface area contributed by atoms with E-state index in [1.54, 1.807) is 48.5 Å². The molecule has 9 heteroatoms. The van der Waals surface area contributed by atoms with E-state index >= 15 is 0 Å². The summed E-state index contributed by atoms with van der Waals surface area (Å²) in [5.41, 5.74) is 0.288. The van der Waals surface area contributed by atoms with Crippen LogP contribution in [0, 0.1) is 0 Å². The molecule has 0 aliphatic heterocycles. The van der Waals surface area contributed by atoms with E-state index in [9.17, 15) is 14.4 Å². The lowest BCUT2D eigenvalue weighted by Gasteiger charge is -2.12. The first-order chi connectivity index (χ1) is 13.9. The fraction of sp³-hybridized carbons (Fsp3) is 0.200. The summed E-state index contributed by atoms with van der Waals surface area (Å²) in [6.07, 6.45) is 0. The van der Waals surface area contributed by atoms with Crippen LogP contribution in [0.1, 0.15) is 12.5 Å². The Balaban J connectivity index is 2.12. The predicted octanol–water partition coefficient (Wildman–Crippen LogP) is 1.42. The summed E-state index contributed by atoms with van der Waals surface area (Å²) in [6, 6.07) is 13.6. The molecule has 0 radical (unpaired) electrons. The Morgan fingerprint density at radius 2 is 1.83 bits per heavy atom. The molecule has 1 amide bonds. The van der Waals surface area contributed by atoms with Crippen molar-refractivity contribution >= 4 is 11.6 Å². The number of hydrogen-bond acceptors (Lipinski definition) is 6. The van der Waals surface area contributed by atoms with Crippen LogP contribution in [0.25, 0.3) is 5.69 Å². The van der Waals surface area contributed by atoms with Gasteiger partial charge in [0.25, 0.3) is 5.88 Å². The third kappa shape index (κ3) is 4.34. The van der Waals surface area contributed by atoms with Gasteiger partial charge in [-0.05, 0) is 35.9 Å². The maximum atomic E-state index is 13.0. The minimum absolute atomic E-state index is 0.0130. The van der Waals surface area contributed by atoms with Crippen LogP contribution in [0.3, 0.4) is 0 Å². The zero-order chi connectivity index (χ0) is 21.0. The first kappa shape index (κ1) is 19.9. The van der Waals surface area contributed by atoms with Gasteiger partial charge in [0.15, 0.2) is 0 Å². The molecule has 29 heavy (non-hydrogen) atoms. The van der Waals surface area contributed by atoms with Crippen LogP contribution in [0.15, 0.2) is 58.1 Å². The number of anilines is 1. The first-order valence-electron chi connectivity index (χ1n) is 8.72. The molecule has 0 saturated heterocycles. The summed E-state index contributed by atoms with van der Waals surface area (Å²) in [5.74, 6) is 0.139. The highest BCUT2D eigenvalue weighted by Gasteiger charge is 2.16. The molecule has 9 nitrogen and oxygen atoms in total. The number of methoxy groups -OCH3 is 2. The number of aromatic nitrogens is 3. The van der Waals surface area contributed by atoms with Gasteiger partial charge in [0.05, 0.1) is 26.5 Å². The number of amides is 1. The van der Waals surface area contributed by atoms with Crippen molar-refractivity contribution in [2.45, 2.75) is 13.5 Å². The quantitative estimate of drug-likeness (QED) is 0.676. The highest BCUT2D eigenvalue weighted by atomic mass is 16.5. The van der Waals surface area contributed by atoms with Gasteiger partial charge >= 0.3 is 11.2 Å². The van der Waals surface area contributed by atoms with Crippen molar-refractivity contribution in [3.8, 4) is 17.3 Å². The topological polar surface area (TPSA) is 104 Å². The van der Waals surface area contributed by atoms with Crippen LogP contribution in [0.2, 0.25) is 0 Å². The molecule has 3 rings (SSSR count). The molecule has 0 atom stereocenters. The van der Waals surface area contributed by atoms with Crippen molar-refractivity contribution in [3.05, 3.63) is 74.9 Å². The summed E-state index contributed by atoms with van der Waals surface area (Å²) < 4.78 is 12.4. The molecule has 150 valence electrons. The Bertz CT molecular complexity index is 1170. The molecular weight excluding hydrogens is 376 g/mol. The van der Waals surface area contributed by atoms with Crippen molar-refractivity contribution in [1.29, 1.82) is 0 Å². The molecule has 1 aromatic heterocycles. The molecule has 3 aromatic rings. The van der Waals surface area contributed by atoms with E-state index < -0.39 is 11.2 Å². The van der Waals surface area contributed by atoms with Crippen molar-refractivity contribution < 1.29 is 14.3 Å². The number of carbonyl (C=O) groups excluding carboxylic acids is 1. The van der Waals surface area contributed by atoms with Gasteiger partial charge in [-0.1, -0.05) is 18.2 Å². The number of hydrogen-bond donors (Lipinski definition) is 1. The summed E-state index contributed by atoms with van der Waals surface area (Å²) in [5, 5.41) is 6.67. The van der Waals surface area contributed by atoms with E-state index in [1.165, 1.54) is 21.1 Å². The number of ether oxygens (including phenoxy) is 2. The first-order valence-corrected chi connectivity index (χ1v) is 8.72. The van der Waals surface area contributed by atoms with Gasteiger partial charge in [0.1, 0.15) is 5.75 Å². The van der Waals surface area contributed by atoms with Crippen molar-refractivity contribution in [1.82, 2.24) is 14.3 Å². The fourth-order valence-electron chi connectivity index (χ4n) is 2.80. The standard InChI is InChI=1S/C20H20N4O5/c1-13(25)21-15-7-5-8-16(11-15)24-20(27)23(19(26)18(22-24)29-3)12-14-6-4-9-17(10-14)28-2/h4-11H,12H2,1-3H3,(H,21,25). The van der Waals surface area contributed by atoms with Crippen molar-refractivity contribution in [2.24, 2.45) is 0 Å².